The molecule has 0 bridgehead atoms. The van der Waals surface area contributed by atoms with E-state index in [1.54, 1.807) is 0 Å². The van der Waals surface area contributed by atoms with Crippen molar-refractivity contribution < 1.29 is 50.0 Å². The molecule has 0 saturated carbocycles. The third kappa shape index (κ3) is 21.8. The summed E-state index contributed by atoms with van der Waals surface area (Å²) in [6.45, 7) is 3.33. The van der Waals surface area contributed by atoms with E-state index in [0.717, 1.165) is 64.2 Å². The zero-order valence-corrected chi connectivity index (χ0v) is 31.8. The molecule has 0 radical (unpaired) electrons. The number of aliphatic hydroxyl groups excluding tert-OH is 7. The van der Waals surface area contributed by atoms with Crippen LogP contribution in [-0.4, -0.2) is 110 Å². The van der Waals surface area contributed by atoms with Gasteiger partial charge in [-0.3, -0.25) is 4.79 Å². The van der Waals surface area contributed by atoms with Crippen LogP contribution in [0.25, 0.3) is 0 Å². The molecule has 1 rings (SSSR count). The summed E-state index contributed by atoms with van der Waals surface area (Å²) in [5.41, 5.74) is 0. The Morgan fingerprint density at radius 2 is 1.20 bits per heavy atom. The number of aliphatic hydroxyl groups is 7. The van der Waals surface area contributed by atoms with Gasteiger partial charge in [-0.05, 0) is 44.9 Å². The number of allylic oxidation sites excluding steroid dienone is 4. The molecule has 1 aliphatic heterocycles. The van der Waals surface area contributed by atoms with Crippen LogP contribution in [-0.2, 0) is 14.3 Å². The molecule has 11 nitrogen and oxygen atoms in total. The summed E-state index contributed by atoms with van der Waals surface area (Å²) in [6.07, 6.45) is 19.6. The van der Waals surface area contributed by atoms with Gasteiger partial charge in [-0.15, -0.1) is 0 Å². The highest BCUT2D eigenvalue weighted by atomic mass is 16.7. The Morgan fingerprint density at radius 1 is 0.686 bits per heavy atom. The molecule has 0 spiro atoms. The lowest BCUT2D eigenvalue weighted by atomic mass is 9.98. The summed E-state index contributed by atoms with van der Waals surface area (Å²) in [5.74, 6) is -0.710. The zero-order valence-electron chi connectivity index (χ0n) is 31.8. The number of hydrogen-bond acceptors (Lipinski definition) is 10. The van der Waals surface area contributed by atoms with E-state index in [9.17, 15) is 40.5 Å². The third-order valence-electron chi connectivity index (χ3n) is 9.76. The predicted octanol–water partition coefficient (Wildman–Crippen LogP) is 5.10. The van der Waals surface area contributed by atoms with Crippen molar-refractivity contribution in [3.8, 4) is 0 Å². The molecule has 1 aliphatic rings. The fraction of sp³-hybridized carbons (Fsp3) is 0.875. The van der Waals surface area contributed by atoms with Crippen molar-refractivity contribution in [2.24, 2.45) is 0 Å². The van der Waals surface area contributed by atoms with Crippen LogP contribution in [0.1, 0.15) is 155 Å². The van der Waals surface area contributed by atoms with Gasteiger partial charge in [-0.25, -0.2) is 0 Å². The lowest BCUT2D eigenvalue weighted by Gasteiger charge is -2.40. The van der Waals surface area contributed by atoms with E-state index >= 15 is 0 Å². The average molecular weight is 730 g/mol. The van der Waals surface area contributed by atoms with Gasteiger partial charge in [0.05, 0.1) is 25.4 Å². The standard InChI is InChI=1S/C40H75NO10/c1-3-5-7-9-11-13-14-15-16-17-18-19-20-22-24-26-28-33(44)39(49)41-31(30-50-40-38(48)37(47)36(46)34(29-42)51-40)35(45)32(43)27-25-23-21-12-10-8-6-4-2/h11,13,15-16,31-38,40,42-48H,3-10,12,14,17-30H2,1-2H3,(H,41,49)/b13-11-,16-15-. The normalized spacial score (nSPS) is 23.5. The van der Waals surface area contributed by atoms with Crippen molar-refractivity contribution in [2.45, 2.75) is 210 Å². The van der Waals surface area contributed by atoms with E-state index < -0.39 is 74.2 Å². The van der Waals surface area contributed by atoms with E-state index in [2.05, 4.69) is 43.5 Å². The molecule has 51 heavy (non-hydrogen) atoms. The average Bonchev–Trinajstić information content (AvgIpc) is 3.13. The first-order chi connectivity index (χ1) is 24.7. The molecule has 0 aromatic carbocycles. The van der Waals surface area contributed by atoms with Crippen LogP contribution in [0, 0.1) is 0 Å². The highest BCUT2D eigenvalue weighted by molar-refractivity contribution is 5.80. The quantitative estimate of drug-likeness (QED) is 0.0342. The molecule has 9 unspecified atom stereocenters. The van der Waals surface area contributed by atoms with Crippen LogP contribution in [0.15, 0.2) is 24.3 Å². The number of carbonyl (C=O) groups excluding carboxylic acids is 1. The number of rotatable bonds is 32. The highest BCUT2D eigenvalue weighted by Gasteiger charge is 2.44. The Balaban J connectivity index is 2.51. The van der Waals surface area contributed by atoms with Crippen LogP contribution >= 0.6 is 0 Å². The van der Waals surface area contributed by atoms with Gasteiger partial charge in [0, 0.05) is 0 Å². The minimum atomic E-state index is -1.66. The monoisotopic (exact) mass is 730 g/mol. The molecule has 1 heterocycles. The first kappa shape index (κ1) is 47.6. The van der Waals surface area contributed by atoms with Crippen molar-refractivity contribution in [1.29, 1.82) is 0 Å². The minimum Gasteiger partial charge on any atom is -0.394 e. The third-order valence-corrected chi connectivity index (χ3v) is 9.76. The second-order valence-corrected chi connectivity index (χ2v) is 14.4. The lowest BCUT2D eigenvalue weighted by Crippen LogP contribution is -2.60. The zero-order chi connectivity index (χ0) is 37.7. The molecule has 1 fully saturated rings. The first-order valence-electron chi connectivity index (χ1n) is 20.2. The second-order valence-electron chi connectivity index (χ2n) is 14.4. The SMILES string of the molecule is CCCCC/C=C\C/C=C\CCCCCCCCC(O)C(=O)NC(COC1OC(CO)C(O)C(O)C1O)C(O)C(O)CCCCCCCCCC. The van der Waals surface area contributed by atoms with Gasteiger partial charge in [0.1, 0.15) is 36.6 Å². The summed E-state index contributed by atoms with van der Waals surface area (Å²) in [4.78, 5) is 13.0. The maximum Gasteiger partial charge on any atom is 0.249 e. The van der Waals surface area contributed by atoms with Crippen LogP contribution in [0.2, 0.25) is 0 Å². The van der Waals surface area contributed by atoms with Gasteiger partial charge in [0.15, 0.2) is 6.29 Å². The largest absolute Gasteiger partial charge is 0.394 e. The number of carbonyl (C=O) groups is 1. The first-order valence-corrected chi connectivity index (χ1v) is 20.2. The van der Waals surface area contributed by atoms with Crippen LogP contribution in [0.4, 0.5) is 0 Å². The molecular formula is C40H75NO10. The fourth-order valence-corrected chi connectivity index (χ4v) is 6.29. The molecule has 1 saturated heterocycles. The number of hydrogen-bond donors (Lipinski definition) is 8. The van der Waals surface area contributed by atoms with Crippen LogP contribution in [0.5, 0.6) is 0 Å². The highest BCUT2D eigenvalue weighted by Crippen LogP contribution is 2.23. The molecular weight excluding hydrogens is 654 g/mol. The summed E-state index contributed by atoms with van der Waals surface area (Å²) in [6, 6.07) is -1.17. The number of nitrogens with one attached hydrogen (secondary N) is 1. The summed E-state index contributed by atoms with van der Waals surface area (Å²) in [5, 5.41) is 75.1. The van der Waals surface area contributed by atoms with Gasteiger partial charge in [-0.1, -0.05) is 134 Å². The number of unbranched alkanes of at least 4 members (excludes halogenated alkanes) is 16. The summed E-state index contributed by atoms with van der Waals surface area (Å²) >= 11 is 0. The molecule has 0 aliphatic carbocycles. The lowest BCUT2D eigenvalue weighted by molar-refractivity contribution is -0.303. The van der Waals surface area contributed by atoms with Gasteiger partial charge in [-0.2, -0.15) is 0 Å². The Morgan fingerprint density at radius 3 is 1.78 bits per heavy atom. The summed E-state index contributed by atoms with van der Waals surface area (Å²) in [7, 11) is 0. The molecule has 0 aromatic rings. The van der Waals surface area contributed by atoms with E-state index in [1.807, 2.05) is 0 Å². The van der Waals surface area contributed by atoms with E-state index in [1.165, 1.54) is 51.4 Å². The smallest absolute Gasteiger partial charge is 0.249 e. The molecule has 300 valence electrons. The molecule has 1 amide bonds. The van der Waals surface area contributed by atoms with E-state index in [-0.39, 0.29) is 6.42 Å². The van der Waals surface area contributed by atoms with Crippen LogP contribution < -0.4 is 5.32 Å². The fourth-order valence-electron chi connectivity index (χ4n) is 6.29. The van der Waals surface area contributed by atoms with Crippen molar-refractivity contribution >= 4 is 5.91 Å². The van der Waals surface area contributed by atoms with E-state index in [0.29, 0.717) is 19.3 Å². The van der Waals surface area contributed by atoms with Gasteiger partial charge in [0.2, 0.25) is 5.91 Å². The molecule has 11 heteroatoms. The summed E-state index contributed by atoms with van der Waals surface area (Å²) < 4.78 is 11.0. The van der Waals surface area contributed by atoms with Crippen molar-refractivity contribution in [3.05, 3.63) is 24.3 Å². The van der Waals surface area contributed by atoms with Crippen LogP contribution in [0.3, 0.4) is 0 Å². The Bertz CT molecular complexity index is 887. The molecule has 8 N–H and O–H groups in total. The second kappa shape index (κ2) is 31.0. The van der Waals surface area contributed by atoms with Gasteiger partial charge >= 0.3 is 0 Å². The predicted molar refractivity (Wildman–Crippen MR) is 201 cm³/mol. The maximum atomic E-state index is 13.0. The topological polar surface area (TPSA) is 189 Å². The minimum absolute atomic E-state index is 0.248. The Hall–Kier alpha value is -1.41. The van der Waals surface area contributed by atoms with E-state index in [4.69, 9.17) is 9.47 Å². The molecule has 0 aromatic heterocycles. The van der Waals surface area contributed by atoms with Crippen molar-refractivity contribution in [2.75, 3.05) is 13.2 Å². The number of amides is 1. The van der Waals surface area contributed by atoms with Gasteiger partial charge < -0.3 is 50.5 Å². The number of ether oxygens (including phenoxy) is 2. The van der Waals surface area contributed by atoms with Crippen molar-refractivity contribution in [1.82, 2.24) is 5.32 Å². The van der Waals surface area contributed by atoms with Crippen molar-refractivity contribution in [3.63, 3.8) is 0 Å². The van der Waals surface area contributed by atoms with Gasteiger partial charge in [0.25, 0.3) is 0 Å². The maximum absolute atomic E-state index is 13.0. The molecule has 9 atom stereocenters. The Kier molecular flexibility index (Phi) is 28.9. The Labute approximate surface area is 308 Å².